The van der Waals surface area contributed by atoms with Gasteiger partial charge in [-0.25, -0.2) is 0 Å². The first-order valence-electron chi connectivity index (χ1n) is 11.7. The fourth-order valence-corrected chi connectivity index (χ4v) is 3.14. The molecule has 0 aromatic heterocycles. The summed E-state index contributed by atoms with van der Waals surface area (Å²) < 4.78 is 0. The number of hydrogen-bond acceptors (Lipinski definition) is 4. The lowest BCUT2D eigenvalue weighted by molar-refractivity contribution is -0.121. The summed E-state index contributed by atoms with van der Waals surface area (Å²) in [6.07, 6.45) is 18.0. The number of aliphatic hydroxyl groups excluding tert-OH is 1. The Morgan fingerprint density at radius 1 is 0.733 bits per heavy atom. The molecule has 0 saturated heterocycles. The molecule has 0 atom stereocenters. The van der Waals surface area contributed by atoms with Crippen molar-refractivity contribution >= 4 is 11.8 Å². The van der Waals surface area contributed by atoms with Crippen LogP contribution in [0.4, 0.5) is 0 Å². The Bertz CT molecular complexity index is 438. The van der Waals surface area contributed by atoms with Gasteiger partial charge in [0.2, 0.25) is 11.8 Å². The van der Waals surface area contributed by atoms with Crippen LogP contribution in [0.3, 0.4) is 0 Å². The second-order valence-corrected chi connectivity index (χ2v) is 7.60. The molecular weight excluding hydrogens is 378 g/mol. The average molecular weight is 424 g/mol. The SMILES string of the molecule is C/C=C/CCCCCC(=O)NCCN(CCO)CCNC(=O)CCCCC/C=C/C. The van der Waals surface area contributed by atoms with Crippen LogP contribution >= 0.6 is 0 Å². The third kappa shape index (κ3) is 19.6. The van der Waals surface area contributed by atoms with Crippen molar-refractivity contribution in [3.8, 4) is 0 Å². The molecule has 6 heteroatoms. The predicted octanol–water partition coefficient (Wildman–Crippen LogP) is 3.57. The maximum atomic E-state index is 11.9. The molecule has 0 rings (SSSR count). The summed E-state index contributed by atoms with van der Waals surface area (Å²) in [6.45, 7) is 7.14. The van der Waals surface area contributed by atoms with Crippen molar-refractivity contribution in [2.45, 2.75) is 78.1 Å². The fraction of sp³-hybridized carbons (Fsp3) is 0.750. The Hall–Kier alpha value is -1.66. The van der Waals surface area contributed by atoms with E-state index in [0.29, 0.717) is 45.6 Å². The van der Waals surface area contributed by atoms with E-state index in [4.69, 9.17) is 0 Å². The molecule has 30 heavy (non-hydrogen) atoms. The number of unbranched alkanes of at least 4 members (excludes halogenated alkanes) is 6. The van der Waals surface area contributed by atoms with Crippen LogP contribution in [0.1, 0.15) is 78.1 Å². The lowest BCUT2D eigenvalue weighted by Gasteiger charge is -2.21. The van der Waals surface area contributed by atoms with Crippen LogP contribution < -0.4 is 10.6 Å². The van der Waals surface area contributed by atoms with E-state index >= 15 is 0 Å². The van der Waals surface area contributed by atoms with E-state index in [-0.39, 0.29) is 18.4 Å². The third-order valence-corrected chi connectivity index (χ3v) is 4.94. The van der Waals surface area contributed by atoms with E-state index in [2.05, 4.69) is 39.8 Å². The van der Waals surface area contributed by atoms with E-state index in [1.807, 2.05) is 13.8 Å². The molecule has 0 bridgehead atoms. The van der Waals surface area contributed by atoms with Crippen LogP contribution in [0.25, 0.3) is 0 Å². The Morgan fingerprint density at radius 2 is 1.20 bits per heavy atom. The fourth-order valence-electron chi connectivity index (χ4n) is 3.14. The monoisotopic (exact) mass is 423 g/mol. The van der Waals surface area contributed by atoms with Crippen molar-refractivity contribution in [3.63, 3.8) is 0 Å². The molecule has 0 aliphatic rings. The predicted molar refractivity (Wildman–Crippen MR) is 125 cm³/mol. The molecule has 0 aliphatic carbocycles. The summed E-state index contributed by atoms with van der Waals surface area (Å²) in [5.74, 6) is 0.181. The Morgan fingerprint density at radius 3 is 1.60 bits per heavy atom. The van der Waals surface area contributed by atoms with Gasteiger partial charge in [-0.3, -0.25) is 14.5 Å². The zero-order valence-electron chi connectivity index (χ0n) is 19.3. The number of amides is 2. The molecule has 174 valence electrons. The topological polar surface area (TPSA) is 81.7 Å². The Balaban J connectivity index is 3.78. The van der Waals surface area contributed by atoms with Gasteiger partial charge in [0, 0.05) is 45.6 Å². The maximum absolute atomic E-state index is 11.9. The van der Waals surface area contributed by atoms with Gasteiger partial charge in [0.1, 0.15) is 0 Å². The molecule has 2 amide bonds. The Labute approximate surface area is 184 Å². The standard InChI is InChI=1S/C24H45N3O3/c1-3-5-7-9-11-13-15-23(29)25-17-19-27(21-22-28)20-18-26-24(30)16-14-12-10-8-6-4-2/h3-6,28H,7-22H2,1-2H3,(H,25,29)(H,26,30)/b5-3+,6-4+. The summed E-state index contributed by atoms with van der Waals surface area (Å²) in [5, 5.41) is 15.1. The van der Waals surface area contributed by atoms with Crippen LogP contribution in [0.15, 0.2) is 24.3 Å². The average Bonchev–Trinajstić information content (AvgIpc) is 2.73. The number of carbonyl (C=O) groups excluding carboxylic acids is 2. The van der Waals surface area contributed by atoms with Crippen molar-refractivity contribution in [1.29, 1.82) is 0 Å². The molecule has 0 heterocycles. The molecule has 0 saturated carbocycles. The first-order valence-corrected chi connectivity index (χ1v) is 11.7. The van der Waals surface area contributed by atoms with Crippen LogP contribution in [0.2, 0.25) is 0 Å². The van der Waals surface area contributed by atoms with Crippen molar-refractivity contribution in [1.82, 2.24) is 15.5 Å². The number of carbonyl (C=O) groups is 2. The van der Waals surface area contributed by atoms with E-state index in [1.54, 1.807) is 0 Å². The normalized spacial score (nSPS) is 11.6. The molecule has 0 aromatic carbocycles. The van der Waals surface area contributed by atoms with Gasteiger partial charge in [0.25, 0.3) is 0 Å². The Kier molecular flexibility index (Phi) is 20.8. The molecule has 0 radical (unpaired) electrons. The van der Waals surface area contributed by atoms with Crippen LogP contribution in [0, 0.1) is 0 Å². The summed E-state index contributed by atoms with van der Waals surface area (Å²) in [6, 6.07) is 0. The highest BCUT2D eigenvalue weighted by molar-refractivity contribution is 5.76. The zero-order valence-corrected chi connectivity index (χ0v) is 19.3. The van der Waals surface area contributed by atoms with Crippen LogP contribution in [-0.2, 0) is 9.59 Å². The van der Waals surface area contributed by atoms with Crippen LogP contribution in [0.5, 0.6) is 0 Å². The molecule has 0 fully saturated rings. The molecule has 0 aromatic rings. The minimum Gasteiger partial charge on any atom is -0.395 e. The highest BCUT2D eigenvalue weighted by atomic mass is 16.3. The van der Waals surface area contributed by atoms with Crippen molar-refractivity contribution < 1.29 is 14.7 Å². The summed E-state index contributed by atoms with van der Waals surface area (Å²) >= 11 is 0. The number of hydrogen-bond donors (Lipinski definition) is 3. The smallest absolute Gasteiger partial charge is 0.220 e. The third-order valence-electron chi connectivity index (χ3n) is 4.94. The molecule has 3 N–H and O–H groups in total. The molecule has 0 unspecified atom stereocenters. The van der Waals surface area contributed by atoms with E-state index in [0.717, 1.165) is 51.4 Å². The summed E-state index contributed by atoms with van der Waals surface area (Å²) in [4.78, 5) is 25.9. The van der Waals surface area contributed by atoms with Crippen molar-refractivity contribution in [2.24, 2.45) is 0 Å². The molecule has 6 nitrogen and oxygen atoms in total. The van der Waals surface area contributed by atoms with Gasteiger partial charge in [-0.15, -0.1) is 0 Å². The lowest BCUT2D eigenvalue weighted by Crippen LogP contribution is -2.40. The maximum Gasteiger partial charge on any atom is 0.220 e. The van der Waals surface area contributed by atoms with Crippen LogP contribution in [-0.4, -0.2) is 61.2 Å². The number of rotatable bonds is 20. The molecular formula is C24H45N3O3. The zero-order chi connectivity index (χ0) is 22.3. The van der Waals surface area contributed by atoms with E-state index < -0.39 is 0 Å². The molecule has 0 spiro atoms. The van der Waals surface area contributed by atoms with Crippen molar-refractivity contribution in [3.05, 3.63) is 24.3 Å². The van der Waals surface area contributed by atoms with E-state index in [1.165, 1.54) is 0 Å². The second kappa shape index (κ2) is 22.0. The van der Waals surface area contributed by atoms with E-state index in [9.17, 15) is 14.7 Å². The lowest BCUT2D eigenvalue weighted by atomic mass is 10.1. The number of aliphatic hydroxyl groups is 1. The van der Waals surface area contributed by atoms with Gasteiger partial charge >= 0.3 is 0 Å². The van der Waals surface area contributed by atoms with Gasteiger partial charge in [-0.2, -0.15) is 0 Å². The van der Waals surface area contributed by atoms with Gasteiger partial charge in [0.05, 0.1) is 6.61 Å². The molecule has 0 aliphatic heterocycles. The second-order valence-electron chi connectivity index (χ2n) is 7.60. The first kappa shape index (κ1) is 28.3. The summed E-state index contributed by atoms with van der Waals surface area (Å²) in [5.41, 5.74) is 0. The van der Waals surface area contributed by atoms with Gasteiger partial charge in [-0.1, -0.05) is 37.1 Å². The highest BCUT2D eigenvalue weighted by Crippen LogP contribution is 2.04. The minimum absolute atomic E-state index is 0.0697. The highest BCUT2D eigenvalue weighted by Gasteiger charge is 2.07. The van der Waals surface area contributed by atoms with Crippen molar-refractivity contribution in [2.75, 3.05) is 39.3 Å². The first-order chi connectivity index (χ1) is 14.6. The number of nitrogens with one attached hydrogen (secondary N) is 2. The number of nitrogens with zero attached hydrogens (tertiary/aromatic N) is 1. The number of allylic oxidation sites excluding steroid dienone is 4. The van der Waals surface area contributed by atoms with Gasteiger partial charge in [0.15, 0.2) is 0 Å². The quantitative estimate of drug-likeness (QED) is 0.207. The minimum atomic E-state index is 0.0697. The largest absolute Gasteiger partial charge is 0.395 e. The van der Waals surface area contributed by atoms with Gasteiger partial charge < -0.3 is 15.7 Å². The van der Waals surface area contributed by atoms with Gasteiger partial charge in [-0.05, 0) is 52.4 Å². The summed E-state index contributed by atoms with van der Waals surface area (Å²) in [7, 11) is 0.